The molecule has 0 unspecified atom stereocenters. The molecule has 3 N–H and O–H groups in total. The number of anilines is 3. The van der Waals surface area contributed by atoms with Crippen LogP contribution >= 0.6 is 0 Å². The summed E-state index contributed by atoms with van der Waals surface area (Å²) in [7, 11) is 0. The summed E-state index contributed by atoms with van der Waals surface area (Å²) < 4.78 is 26.5. The molecule has 1 aliphatic carbocycles. The lowest BCUT2D eigenvalue weighted by molar-refractivity contribution is 0.248. The van der Waals surface area contributed by atoms with Crippen molar-refractivity contribution in [1.82, 2.24) is 9.97 Å². The average Bonchev–Trinajstić information content (AvgIpc) is 3.40. The third-order valence-corrected chi connectivity index (χ3v) is 4.25. The third kappa shape index (κ3) is 4.42. The fourth-order valence-electron chi connectivity index (χ4n) is 2.49. The first-order chi connectivity index (χ1) is 12.0. The number of hydrogen-bond acceptors (Lipinski definition) is 5. The molecule has 0 aliphatic heterocycles. The van der Waals surface area contributed by atoms with Crippen LogP contribution in [0.4, 0.5) is 26.2 Å². The minimum atomic E-state index is -0.917. The predicted molar refractivity (Wildman–Crippen MR) is 93.0 cm³/mol. The van der Waals surface area contributed by atoms with Gasteiger partial charge in [0.25, 0.3) is 0 Å². The highest BCUT2D eigenvalue weighted by atomic mass is 19.2. The molecule has 2 aromatic rings. The van der Waals surface area contributed by atoms with Crippen LogP contribution in [-0.2, 0) is 0 Å². The number of nitrogens with zero attached hydrogens (tertiary/aromatic N) is 2. The first-order valence-electron chi connectivity index (χ1n) is 8.44. The van der Waals surface area contributed by atoms with Gasteiger partial charge in [0, 0.05) is 23.7 Å². The van der Waals surface area contributed by atoms with Crippen LogP contribution in [0, 0.1) is 17.6 Å². The molecule has 1 fully saturated rings. The van der Waals surface area contributed by atoms with Crippen LogP contribution in [-0.4, -0.2) is 27.7 Å². The minimum Gasteiger partial charge on any atom is -0.394 e. The molecule has 25 heavy (non-hydrogen) atoms. The summed E-state index contributed by atoms with van der Waals surface area (Å²) in [5.41, 5.74) is 1.32. The Morgan fingerprint density at radius 1 is 1.16 bits per heavy atom. The molecule has 0 saturated heterocycles. The molecule has 1 heterocycles. The Bertz CT molecular complexity index is 750. The standard InChI is InChI=1S/C18H22F2N4O/c1-10(2)16(9-25)23-18-22-15(11-3-4-11)8-17(24-18)21-12-5-6-13(19)14(20)7-12/h5-8,10-11,16,25H,3-4,9H2,1-2H3,(H2,21,22,23,24)/t16-/m1/s1. The monoisotopic (exact) mass is 348 g/mol. The summed E-state index contributed by atoms with van der Waals surface area (Å²) in [5, 5.41) is 15.6. The van der Waals surface area contributed by atoms with E-state index in [1.54, 1.807) is 0 Å². The normalized spacial score (nSPS) is 15.3. The number of benzene rings is 1. The second kappa shape index (κ2) is 7.31. The van der Waals surface area contributed by atoms with Crippen molar-refractivity contribution in [3.8, 4) is 0 Å². The zero-order valence-corrected chi connectivity index (χ0v) is 14.3. The summed E-state index contributed by atoms with van der Waals surface area (Å²) in [5.74, 6) is -0.272. The number of aromatic nitrogens is 2. The molecule has 1 atom stereocenters. The van der Waals surface area contributed by atoms with E-state index in [0.717, 1.165) is 30.7 Å². The number of halogens is 2. The third-order valence-electron chi connectivity index (χ3n) is 4.25. The van der Waals surface area contributed by atoms with E-state index in [1.165, 1.54) is 6.07 Å². The van der Waals surface area contributed by atoms with E-state index < -0.39 is 11.6 Å². The molecule has 134 valence electrons. The Morgan fingerprint density at radius 2 is 1.92 bits per heavy atom. The topological polar surface area (TPSA) is 70.1 Å². The summed E-state index contributed by atoms with van der Waals surface area (Å²) in [6.45, 7) is 3.97. The zero-order chi connectivity index (χ0) is 18.0. The van der Waals surface area contributed by atoms with Crippen molar-refractivity contribution in [1.29, 1.82) is 0 Å². The number of rotatable bonds is 7. The van der Waals surface area contributed by atoms with Gasteiger partial charge in [-0.05, 0) is 30.9 Å². The summed E-state index contributed by atoms with van der Waals surface area (Å²) in [6.07, 6.45) is 2.16. The fourth-order valence-corrected chi connectivity index (χ4v) is 2.49. The van der Waals surface area contributed by atoms with Gasteiger partial charge in [0.1, 0.15) is 5.82 Å². The zero-order valence-electron chi connectivity index (χ0n) is 14.3. The summed E-state index contributed by atoms with van der Waals surface area (Å²) >= 11 is 0. The van der Waals surface area contributed by atoms with Gasteiger partial charge in [0.05, 0.1) is 18.3 Å². The highest BCUT2D eigenvalue weighted by molar-refractivity contribution is 5.58. The molecule has 0 bridgehead atoms. The second-order valence-electron chi connectivity index (χ2n) is 6.71. The Hall–Kier alpha value is -2.28. The van der Waals surface area contributed by atoms with Gasteiger partial charge in [-0.1, -0.05) is 13.8 Å². The van der Waals surface area contributed by atoms with Gasteiger partial charge in [-0.25, -0.2) is 13.8 Å². The quantitative estimate of drug-likeness (QED) is 0.710. The van der Waals surface area contributed by atoms with E-state index in [1.807, 2.05) is 19.9 Å². The van der Waals surface area contributed by atoms with Crippen molar-refractivity contribution in [2.75, 3.05) is 17.2 Å². The van der Waals surface area contributed by atoms with E-state index in [0.29, 0.717) is 23.4 Å². The van der Waals surface area contributed by atoms with Crippen LogP contribution in [0.3, 0.4) is 0 Å². The number of aliphatic hydroxyl groups excluding tert-OH is 1. The maximum Gasteiger partial charge on any atom is 0.225 e. The first-order valence-corrected chi connectivity index (χ1v) is 8.44. The van der Waals surface area contributed by atoms with Crippen molar-refractivity contribution in [3.05, 3.63) is 41.6 Å². The summed E-state index contributed by atoms with van der Waals surface area (Å²) in [4.78, 5) is 8.93. The van der Waals surface area contributed by atoms with Gasteiger partial charge in [-0.2, -0.15) is 4.98 Å². The molecule has 0 spiro atoms. The Kier molecular flexibility index (Phi) is 5.13. The van der Waals surface area contributed by atoms with Crippen LogP contribution in [0.1, 0.15) is 38.3 Å². The van der Waals surface area contributed by atoms with Gasteiger partial charge in [0.15, 0.2) is 11.6 Å². The average molecular weight is 348 g/mol. The van der Waals surface area contributed by atoms with E-state index in [-0.39, 0.29) is 18.6 Å². The Balaban J connectivity index is 1.86. The highest BCUT2D eigenvalue weighted by Gasteiger charge is 2.26. The molecule has 0 radical (unpaired) electrons. The molecular weight excluding hydrogens is 326 g/mol. The first kappa shape index (κ1) is 17.5. The lowest BCUT2D eigenvalue weighted by Gasteiger charge is -2.20. The molecule has 1 aromatic carbocycles. The van der Waals surface area contributed by atoms with Crippen molar-refractivity contribution in [3.63, 3.8) is 0 Å². The van der Waals surface area contributed by atoms with Gasteiger partial charge < -0.3 is 15.7 Å². The van der Waals surface area contributed by atoms with Gasteiger partial charge in [-0.15, -0.1) is 0 Å². The fraction of sp³-hybridized carbons (Fsp3) is 0.444. The minimum absolute atomic E-state index is 0.0272. The number of nitrogens with one attached hydrogen (secondary N) is 2. The maximum atomic E-state index is 13.4. The van der Waals surface area contributed by atoms with E-state index >= 15 is 0 Å². The van der Waals surface area contributed by atoms with Gasteiger partial charge in [0.2, 0.25) is 5.95 Å². The molecule has 5 nitrogen and oxygen atoms in total. The van der Waals surface area contributed by atoms with Crippen LogP contribution in [0.25, 0.3) is 0 Å². The summed E-state index contributed by atoms with van der Waals surface area (Å²) in [6, 6.07) is 5.28. The molecule has 7 heteroatoms. The van der Waals surface area contributed by atoms with Gasteiger partial charge in [-0.3, -0.25) is 0 Å². The van der Waals surface area contributed by atoms with Crippen molar-refractivity contribution in [2.45, 2.75) is 38.6 Å². The van der Waals surface area contributed by atoms with Crippen LogP contribution < -0.4 is 10.6 Å². The van der Waals surface area contributed by atoms with Crippen LogP contribution in [0.15, 0.2) is 24.3 Å². The number of aliphatic hydroxyl groups is 1. The molecular formula is C18H22F2N4O. The number of hydrogen-bond donors (Lipinski definition) is 3. The van der Waals surface area contributed by atoms with E-state index in [2.05, 4.69) is 20.6 Å². The van der Waals surface area contributed by atoms with Gasteiger partial charge >= 0.3 is 0 Å². The largest absolute Gasteiger partial charge is 0.394 e. The van der Waals surface area contributed by atoms with Crippen LogP contribution in [0.5, 0.6) is 0 Å². The molecule has 1 aromatic heterocycles. The predicted octanol–water partition coefficient (Wildman–Crippen LogP) is 3.80. The highest BCUT2D eigenvalue weighted by Crippen LogP contribution is 2.40. The lowest BCUT2D eigenvalue weighted by atomic mass is 10.1. The van der Waals surface area contributed by atoms with Crippen molar-refractivity contribution in [2.24, 2.45) is 5.92 Å². The molecule has 3 rings (SSSR count). The van der Waals surface area contributed by atoms with E-state index in [4.69, 9.17) is 0 Å². The van der Waals surface area contributed by atoms with Crippen molar-refractivity contribution < 1.29 is 13.9 Å². The van der Waals surface area contributed by atoms with E-state index in [9.17, 15) is 13.9 Å². The Labute approximate surface area is 145 Å². The maximum absolute atomic E-state index is 13.4. The Morgan fingerprint density at radius 3 is 2.52 bits per heavy atom. The molecule has 1 saturated carbocycles. The smallest absolute Gasteiger partial charge is 0.225 e. The SMILES string of the molecule is CC(C)[C@@H](CO)Nc1nc(Nc2ccc(F)c(F)c2)cc(C2CC2)n1. The molecule has 1 aliphatic rings. The lowest BCUT2D eigenvalue weighted by Crippen LogP contribution is -2.30. The molecule has 0 amide bonds. The second-order valence-corrected chi connectivity index (χ2v) is 6.71. The van der Waals surface area contributed by atoms with Crippen molar-refractivity contribution >= 4 is 17.5 Å². The van der Waals surface area contributed by atoms with Crippen LogP contribution in [0.2, 0.25) is 0 Å².